The summed E-state index contributed by atoms with van der Waals surface area (Å²) in [5, 5.41) is 6.78. The third-order valence-corrected chi connectivity index (χ3v) is 4.40. The molecule has 7 nitrogen and oxygen atoms in total. The monoisotopic (exact) mass is 484 g/mol. The van der Waals surface area contributed by atoms with Gasteiger partial charge in [-0.05, 0) is 55.4 Å². The van der Waals surface area contributed by atoms with E-state index in [1.807, 2.05) is 0 Å². The van der Waals surface area contributed by atoms with Crippen molar-refractivity contribution in [3.8, 4) is 0 Å². The molecule has 2 aromatic rings. The molecule has 0 aliphatic carbocycles. The van der Waals surface area contributed by atoms with Crippen molar-refractivity contribution in [3.63, 3.8) is 0 Å². The van der Waals surface area contributed by atoms with Gasteiger partial charge in [0.2, 0.25) is 0 Å². The molecule has 1 saturated heterocycles. The molecule has 1 unspecified atom stereocenters. The van der Waals surface area contributed by atoms with Gasteiger partial charge in [-0.1, -0.05) is 0 Å². The van der Waals surface area contributed by atoms with Crippen molar-refractivity contribution in [2.75, 3.05) is 13.1 Å². The van der Waals surface area contributed by atoms with E-state index < -0.39 is 33.1 Å². The molecule has 0 amide bonds. The van der Waals surface area contributed by atoms with Crippen LogP contribution in [0.2, 0.25) is 0 Å². The summed E-state index contributed by atoms with van der Waals surface area (Å²) in [4.78, 5) is 26.7. The maximum absolute atomic E-state index is 13.5. The second kappa shape index (κ2) is 7.18. The molecular weight excluding hydrogens is 468 g/mol. The number of halogens is 4. The summed E-state index contributed by atoms with van der Waals surface area (Å²) >= 11 is 1.76. The van der Waals surface area contributed by atoms with Gasteiger partial charge >= 0.3 is 12.1 Å². The number of ether oxygens (including phenoxy) is 1. The van der Waals surface area contributed by atoms with E-state index in [2.05, 4.69) is 15.4 Å². The van der Waals surface area contributed by atoms with E-state index in [0.717, 1.165) is 4.52 Å². The number of piperidine rings is 1. The number of aromatic amines is 1. The molecule has 142 valence electrons. The molecule has 1 fully saturated rings. The van der Waals surface area contributed by atoms with Crippen molar-refractivity contribution in [2.45, 2.75) is 36.0 Å². The Bertz CT molecular complexity index is 885. The van der Waals surface area contributed by atoms with E-state index in [1.165, 1.54) is 13.0 Å². The van der Waals surface area contributed by atoms with Crippen LogP contribution in [-0.4, -0.2) is 37.8 Å². The molecule has 1 atom stereocenters. The van der Waals surface area contributed by atoms with Crippen molar-refractivity contribution < 1.29 is 22.7 Å². The molecule has 26 heavy (non-hydrogen) atoms. The van der Waals surface area contributed by atoms with E-state index in [4.69, 9.17) is 4.74 Å². The highest BCUT2D eigenvalue weighted by Crippen LogP contribution is 2.34. The molecule has 1 aliphatic heterocycles. The first kappa shape index (κ1) is 19.1. The van der Waals surface area contributed by atoms with Crippen LogP contribution in [0.1, 0.15) is 47.4 Å². The fourth-order valence-electron chi connectivity index (χ4n) is 3.08. The van der Waals surface area contributed by atoms with Gasteiger partial charge in [-0.15, -0.1) is 0 Å². The van der Waals surface area contributed by atoms with Crippen LogP contribution in [0.3, 0.4) is 0 Å². The zero-order valence-electron chi connectivity index (χ0n) is 13.7. The van der Waals surface area contributed by atoms with Crippen LogP contribution in [0, 0.1) is 0 Å². The number of esters is 1. The molecule has 0 spiro atoms. The topological polar surface area (TPSA) is 88.5 Å². The summed E-state index contributed by atoms with van der Waals surface area (Å²) < 4.78 is 45.7. The van der Waals surface area contributed by atoms with Crippen LogP contribution in [0.15, 0.2) is 10.9 Å². The van der Waals surface area contributed by atoms with E-state index in [1.54, 1.807) is 22.6 Å². The Labute approximate surface area is 159 Å². The number of rotatable bonds is 3. The third kappa shape index (κ3) is 3.72. The summed E-state index contributed by atoms with van der Waals surface area (Å²) in [6.07, 6.45) is -3.55. The number of carbonyl (C=O) groups is 1. The number of carbonyl (C=O) groups excluding carboxylic acids is 1. The molecule has 3 heterocycles. The molecule has 0 saturated carbocycles. The first-order valence-electron chi connectivity index (χ1n) is 7.97. The Morgan fingerprint density at radius 1 is 1.42 bits per heavy atom. The Balaban J connectivity index is 2.25. The van der Waals surface area contributed by atoms with Crippen LogP contribution in [0.5, 0.6) is 0 Å². The van der Waals surface area contributed by atoms with E-state index in [-0.39, 0.29) is 11.6 Å². The molecular formula is C15H16F3IN4O3. The number of alkyl halides is 4. The number of nitrogens with zero attached hydrogens (tertiary/aromatic N) is 2. The van der Waals surface area contributed by atoms with Gasteiger partial charge in [-0.25, -0.2) is 9.31 Å². The number of aromatic nitrogens is 3. The average Bonchev–Trinajstić information content (AvgIpc) is 2.94. The molecule has 0 bridgehead atoms. The second-order valence-corrected chi connectivity index (χ2v) is 7.77. The van der Waals surface area contributed by atoms with Crippen LogP contribution in [-0.2, 0) is 10.9 Å². The normalized spacial score (nSPS) is 17.4. The number of H-pyrrole nitrogens is 1. The van der Waals surface area contributed by atoms with Gasteiger partial charge in [-0.2, -0.15) is 18.3 Å². The highest BCUT2D eigenvalue weighted by molar-refractivity contribution is 14.1. The van der Waals surface area contributed by atoms with Gasteiger partial charge in [0.15, 0.2) is 11.3 Å². The maximum atomic E-state index is 13.5. The lowest BCUT2D eigenvalue weighted by atomic mass is 9.94. The minimum Gasteiger partial charge on any atom is -0.448 e. The largest absolute Gasteiger partial charge is 0.448 e. The van der Waals surface area contributed by atoms with Crippen LogP contribution in [0.4, 0.5) is 13.2 Å². The first-order chi connectivity index (χ1) is 12.2. The van der Waals surface area contributed by atoms with E-state index in [0.29, 0.717) is 31.6 Å². The zero-order chi connectivity index (χ0) is 19.1. The number of hydrogen-bond donors (Lipinski definition) is 2. The highest BCUT2D eigenvalue weighted by Gasteiger charge is 2.42. The third-order valence-electron chi connectivity index (χ3n) is 4.15. The second-order valence-electron chi connectivity index (χ2n) is 6.01. The smallest absolute Gasteiger partial charge is 0.436 e. The molecule has 1 aliphatic rings. The van der Waals surface area contributed by atoms with Gasteiger partial charge in [0.1, 0.15) is 9.67 Å². The van der Waals surface area contributed by atoms with Crippen molar-refractivity contribution in [2.24, 2.45) is 0 Å². The first-order valence-corrected chi connectivity index (χ1v) is 9.22. The fourth-order valence-corrected chi connectivity index (χ4v) is 3.31. The Morgan fingerprint density at radius 3 is 2.65 bits per heavy atom. The van der Waals surface area contributed by atoms with Gasteiger partial charge in [0.05, 0.1) is 5.69 Å². The van der Waals surface area contributed by atoms with Crippen LogP contribution < -0.4 is 10.9 Å². The molecule has 0 aromatic carbocycles. The minimum absolute atomic E-state index is 0.130. The van der Waals surface area contributed by atoms with Crippen molar-refractivity contribution in [1.82, 2.24) is 19.9 Å². The predicted octanol–water partition coefficient (Wildman–Crippen LogP) is 2.45. The predicted molar refractivity (Wildman–Crippen MR) is 94.6 cm³/mol. The van der Waals surface area contributed by atoms with Crippen molar-refractivity contribution in [3.05, 3.63) is 33.4 Å². The maximum Gasteiger partial charge on any atom is 0.436 e. The number of hydrogen-bond acceptors (Lipinski definition) is 5. The van der Waals surface area contributed by atoms with Gasteiger partial charge in [0, 0.05) is 12.0 Å². The highest BCUT2D eigenvalue weighted by atomic mass is 127. The van der Waals surface area contributed by atoms with Crippen molar-refractivity contribution >= 4 is 34.2 Å². The summed E-state index contributed by atoms with van der Waals surface area (Å²) in [6, 6.07) is 1.24. The van der Waals surface area contributed by atoms with Gasteiger partial charge in [0.25, 0.3) is 5.56 Å². The lowest BCUT2D eigenvalue weighted by Gasteiger charge is -2.23. The van der Waals surface area contributed by atoms with E-state index >= 15 is 0 Å². The Kier molecular flexibility index (Phi) is 5.28. The molecule has 2 aromatic heterocycles. The molecule has 11 heteroatoms. The Hall–Kier alpha value is -1.63. The van der Waals surface area contributed by atoms with E-state index in [9.17, 15) is 22.8 Å². The molecule has 2 N–H and O–H groups in total. The number of nitrogens with one attached hydrogen (secondary N) is 2. The minimum atomic E-state index is -4.86. The SMILES string of the molecule is CC(I)OC(=O)c1c(C(F)(F)F)nn2c(C3CCNCC3)cc(=O)[nH]c12. The summed E-state index contributed by atoms with van der Waals surface area (Å²) in [5.41, 5.74) is -2.65. The van der Waals surface area contributed by atoms with Crippen LogP contribution in [0.25, 0.3) is 5.65 Å². The fraction of sp³-hybridized carbons (Fsp3) is 0.533. The summed E-state index contributed by atoms with van der Waals surface area (Å²) in [6.45, 7) is 2.89. The standard InChI is InChI=1S/C15H16F3IN4O3/c1-7(19)26-14(25)11-12(15(16,17)18)22-23-9(6-10(24)21-13(11)23)8-2-4-20-5-3-8/h6-8,20H,2-5H2,1H3,(H,21,24). The van der Waals surface area contributed by atoms with Crippen molar-refractivity contribution in [1.29, 1.82) is 0 Å². The average molecular weight is 484 g/mol. The summed E-state index contributed by atoms with van der Waals surface area (Å²) in [7, 11) is 0. The molecule has 0 radical (unpaired) electrons. The molecule has 3 rings (SSSR count). The van der Waals surface area contributed by atoms with Crippen LogP contribution >= 0.6 is 22.6 Å². The Morgan fingerprint density at radius 2 is 2.08 bits per heavy atom. The summed E-state index contributed by atoms with van der Waals surface area (Å²) in [5.74, 6) is -1.30. The lowest BCUT2D eigenvalue weighted by Crippen LogP contribution is -2.28. The number of fused-ring (bicyclic) bond motifs is 1. The van der Waals surface area contributed by atoms with Gasteiger partial charge in [-0.3, -0.25) is 4.79 Å². The quantitative estimate of drug-likeness (QED) is 0.397. The lowest BCUT2D eigenvalue weighted by molar-refractivity contribution is -0.141. The zero-order valence-corrected chi connectivity index (χ0v) is 15.8. The van der Waals surface area contributed by atoms with Gasteiger partial charge < -0.3 is 15.0 Å².